The number of hydrogen-bond acceptors (Lipinski definition) is 2. The van der Waals surface area contributed by atoms with Gasteiger partial charge in [0.2, 0.25) is 0 Å². The highest BCUT2D eigenvalue weighted by molar-refractivity contribution is 5.92. The molecule has 2 aliphatic rings. The van der Waals surface area contributed by atoms with Crippen LogP contribution in [0.4, 0.5) is 0 Å². The average Bonchev–Trinajstić information content (AvgIpc) is 2.84. The van der Waals surface area contributed by atoms with Crippen molar-refractivity contribution in [1.29, 1.82) is 0 Å². The molecule has 0 fully saturated rings. The number of benzene rings is 1. The molecular weight excluding hydrogens is 196 g/mol. The predicted molar refractivity (Wildman–Crippen MR) is 65.6 cm³/mol. The molecule has 3 rings (SSSR count). The molecule has 0 saturated heterocycles. The van der Waals surface area contributed by atoms with Gasteiger partial charge in [-0.15, -0.1) is 0 Å². The molecule has 0 radical (unpaired) electrons. The minimum absolute atomic E-state index is 1.03. The fourth-order valence-electron chi connectivity index (χ4n) is 1.97. The highest BCUT2D eigenvalue weighted by Crippen LogP contribution is 2.24. The van der Waals surface area contributed by atoms with Crippen molar-refractivity contribution in [1.82, 2.24) is 0 Å². The zero-order chi connectivity index (χ0) is 11.1. The Morgan fingerprint density at radius 2 is 1.88 bits per heavy atom. The second kappa shape index (κ2) is 3.27. The van der Waals surface area contributed by atoms with Gasteiger partial charge in [0.1, 0.15) is 0 Å². The smallest absolute Gasteiger partial charge is 0.0735 e. The maximum atomic E-state index is 4.62. The molecule has 1 aromatic carbocycles. The second-order valence-electron chi connectivity index (χ2n) is 4.08. The summed E-state index contributed by atoms with van der Waals surface area (Å²) >= 11 is 0. The quantitative estimate of drug-likeness (QED) is 0.620. The van der Waals surface area contributed by atoms with E-state index >= 15 is 0 Å². The first-order valence-corrected chi connectivity index (χ1v) is 5.37. The van der Waals surface area contributed by atoms with Crippen LogP contribution in [0.15, 0.2) is 56.8 Å². The van der Waals surface area contributed by atoms with Gasteiger partial charge in [-0.2, -0.15) is 0 Å². The minimum Gasteiger partial charge on any atom is -0.261 e. The van der Waals surface area contributed by atoms with Crippen molar-refractivity contribution >= 4 is 12.3 Å². The van der Waals surface area contributed by atoms with Crippen molar-refractivity contribution in [3.8, 4) is 0 Å². The van der Waals surface area contributed by atoms with Gasteiger partial charge in [0.05, 0.1) is 11.1 Å². The fraction of sp³-hybridized carbons (Fsp3) is 0.143. The third-order valence-corrected chi connectivity index (χ3v) is 3.08. The highest BCUT2D eigenvalue weighted by Gasteiger charge is 2.13. The number of aliphatic imine (C=N–C) groups is 1. The van der Waals surface area contributed by atoms with Gasteiger partial charge in [-0.3, -0.25) is 4.99 Å². The zero-order valence-corrected chi connectivity index (χ0v) is 9.36. The first kappa shape index (κ1) is 9.28. The maximum Gasteiger partial charge on any atom is 0.0735 e. The molecule has 2 nitrogen and oxygen atoms in total. The molecule has 0 N–H and O–H groups in total. The van der Waals surface area contributed by atoms with Gasteiger partial charge in [-0.05, 0) is 31.6 Å². The maximum absolute atomic E-state index is 4.62. The number of fused-ring (bicyclic) bond motifs is 1. The van der Waals surface area contributed by atoms with E-state index in [1.54, 1.807) is 0 Å². The summed E-state index contributed by atoms with van der Waals surface area (Å²) in [7, 11) is 0. The van der Waals surface area contributed by atoms with Gasteiger partial charge in [0.15, 0.2) is 0 Å². The summed E-state index contributed by atoms with van der Waals surface area (Å²) in [5.41, 5.74) is 4.48. The van der Waals surface area contributed by atoms with E-state index < -0.39 is 0 Å². The van der Waals surface area contributed by atoms with Gasteiger partial charge in [0.25, 0.3) is 0 Å². The zero-order valence-electron chi connectivity index (χ0n) is 9.36. The van der Waals surface area contributed by atoms with E-state index in [-0.39, 0.29) is 0 Å². The van der Waals surface area contributed by atoms with E-state index in [4.69, 9.17) is 0 Å². The SMILES string of the molecule is CC1=C(C)C(=C2C=c3ccccc3=N2)C=N1. The summed E-state index contributed by atoms with van der Waals surface area (Å²) in [5, 5.41) is 2.24. The predicted octanol–water partition coefficient (Wildman–Crippen LogP) is 1.73. The molecule has 0 spiro atoms. The van der Waals surface area contributed by atoms with E-state index in [9.17, 15) is 0 Å². The van der Waals surface area contributed by atoms with Gasteiger partial charge in [0, 0.05) is 22.7 Å². The number of rotatable bonds is 0. The number of nitrogens with zero attached hydrogens (tertiary/aromatic N) is 2. The Hall–Kier alpha value is -1.96. The van der Waals surface area contributed by atoms with E-state index in [0.29, 0.717) is 0 Å². The Balaban J connectivity index is 2.25. The summed E-state index contributed by atoms with van der Waals surface area (Å²) < 4.78 is 0. The normalized spacial score (nSPS) is 22.1. The van der Waals surface area contributed by atoms with E-state index in [0.717, 1.165) is 22.3 Å². The number of para-hydroxylation sites is 1. The van der Waals surface area contributed by atoms with Crippen LogP contribution in [0, 0.1) is 0 Å². The molecule has 2 heteroatoms. The summed E-state index contributed by atoms with van der Waals surface area (Å²) in [6.45, 7) is 4.12. The van der Waals surface area contributed by atoms with Gasteiger partial charge in [-0.1, -0.05) is 18.2 Å². The lowest BCUT2D eigenvalue weighted by Crippen LogP contribution is -2.19. The molecule has 0 bridgehead atoms. The van der Waals surface area contributed by atoms with Crippen molar-refractivity contribution in [2.24, 2.45) is 9.98 Å². The Morgan fingerprint density at radius 1 is 1.06 bits per heavy atom. The monoisotopic (exact) mass is 208 g/mol. The standard InChI is InChI=1S/C14H12N2/c1-9-10(2)15-8-12(9)14-7-11-5-3-4-6-13(11)16-14/h3-8H,1-2H3. The molecule has 0 aliphatic carbocycles. The Morgan fingerprint density at radius 3 is 2.56 bits per heavy atom. The minimum atomic E-state index is 1.03. The third-order valence-electron chi connectivity index (χ3n) is 3.08. The molecule has 0 atom stereocenters. The van der Waals surface area contributed by atoms with Crippen LogP contribution >= 0.6 is 0 Å². The lowest BCUT2D eigenvalue weighted by atomic mass is 10.1. The largest absolute Gasteiger partial charge is 0.261 e. The van der Waals surface area contributed by atoms with Crippen LogP contribution in [0.1, 0.15) is 13.8 Å². The Kier molecular flexibility index (Phi) is 1.90. The van der Waals surface area contributed by atoms with Crippen molar-refractivity contribution in [3.63, 3.8) is 0 Å². The van der Waals surface area contributed by atoms with Crippen molar-refractivity contribution in [3.05, 3.63) is 57.4 Å². The molecule has 1 aromatic rings. The van der Waals surface area contributed by atoms with Gasteiger partial charge >= 0.3 is 0 Å². The summed E-state index contributed by atoms with van der Waals surface area (Å²) in [5.74, 6) is 0. The molecule has 2 heterocycles. The summed E-state index contributed by atoms with van der Waals surface area (Å²) in [4.78, 5) is 8.94. The average molecular weight is 208 g/mol. The van der Waals surface area contributed by atoms with Crippen molar-refractivity contribution in [2.75, 3.05) is 0 Å². The van der Waals surface area contributed by atoms with E-state index in [1.807, 2.05) is 31.3 Å². The molecule has 78 valence electrons. The number of allylic oxidation sites excluding steroid dienone is 4. The lowest BCUT2D eigenvalue weighted by molar-refractivity contribution is 1.25. The van der Waals surface area contributed by atoms with E-state index in [1.165, 1.54) is 10.8 Å². The summed E-state index contributed by atoms with van der Waals surface area (Å²) in [6.07, 6.45) is 4.03. The Labute approximate surface area is 94.1 Å². The Bertz CT molecular complexity index is 636. The van der Waals surface area contributed by atoms with Crippen LogP contribution in [-0.2, 0) is 0 Å². The molecule has 16 heavy (non-hydrogen) atoms. The highest BCUT2D eigenvalue weighted by atomic mass is 14.8. The van der Waals surface area contributed by atoms with Crippen LogP contribution < -0.4 is 10.6 Å². The van der Waals surface area contributed by atoms with Crippen molar-refractivity contribution < 1.29 is 0 Å². The van der Waals surface area contributed by atoms with Crippen LogP contribution in [0.3, 0.4) is 0 Å². The third kappa shape index (κ3) is 1.27. The molecule has 0 unspecified atom stereocenters. The number of hydrogen-bond donors (Lipinski definition) is 0. The first-order valence-electron chi connectivity index (χ1n) is 5.37. The topological polar surface area (TPSA) is 24.7 Å². The molecule has 0 aromatic heterocycles. The molecular formula is C14H12N2. The van der Waals surface area contributed by atoms with Crippen LogP contribution in [0.5, 0.6) is 0 Å². The van der Waals surface area contributed by atoms with Gasteiger partial charge in [-0.25, -0.2) is 4.99 Å². The molecule has 0 saturated carbocycles. The summed E-state index contributed by atoms with van der Waals surface area (Å²) in [6, 6.07) is 8.18. The van der Waals surface area contributed by atoms with Crippen LogP contribution in [0.25, 0.3) is 6.08 Å². The fourth-order valence-corrected chi connectivity index (χ4v) is 1.97. The van der Waals surface area contributed by atoms with Crippen LogP contribution in [-0.4, -0.2) is 6.21 Å². The second-order valence-corrected chi connectivity index (χ2v) is 4.08. The first-order chi connectivity index (χ1) is 7.75. The molecule has 0 amide bonds. The van der Waals surface area contributed by atoms with E-state index in [2.05, 4.69) is 29.1 Å². The van der Waals surface area contributed by atoms with Crippen LogP contribution in [0.2, 0.25) is 0 Å². The lowest BCUT2D eigenvalue weighted by Gasteiger charge is -1.98. The van der Waals surface area contributed by atoms with Gasteiger partial charge < -0.3 is 0 Å². The molecule has 2 aliphatic heterocycles. The van der Waals surface area contributed by atoms with Crippen molar-refractivity contribution in [2.45, 2.75) is 13.8 Å².